The highest BCUT2D eigenvalue weighted by Gasteiger charge is 2.27. The van der Waals surface area contributed by atoms with E-state index in [9.17, 15) is 19.4 Å². The van der Waals surface area contributed by atoms with Crippen molar-refractivity contribution in [1.82, 2.24) is 5.32 Å². The molecule has 8 nitrogen and oxygen atoms in total. The van der Waals surface area contributed by atoms with Crippen molar-refractivity contribution in [1.29, 1.82) is 0 Å². The summed E-state index contributed by atoms with van der Waals surface area (Å²) < 4.78 is 21.9. The van der Waals surface area contributed by atoms with Crippen LogP contribution in [0, 0.1) is 0 Å². The smallest absolute Gasteiger partial charge is 0.391 e. The zero-order chi connectivity index (χ0) is 29.7. The van der Waals surface area contributed by atoms with Crippen molar-refractivity contribution < 1.29 is 28.4 Å². The van der Waals surface area contributed by atoms with Crippen LogP contribution in [0.1, 0.15) is 162 Å². The highest BCUT2D eigenvalue weighted by atomic mass is 31.2. The van der Waals surface area contributed by atoms with Gasteiger partial charge in [0.15, 0.2) is 0 Å². The van der Waals surface area contributed by atoms with Gasteiger partial charge < -0.3 is 21.1 Å². The number of phosphoric acid groups is 1. The van der Waals surface area contributed by atoms with Crippen molar-refractivity contribution in [2.24, 2.45) is 5.73 Å². The second-order valence-corrected chi connectivity index (χ2v) is 12.8. The molecule has 0 aromatic heterocycles. The molecule has 5 N–H and O–H groups in total. The molecule has 240 valence electrons. The predicted octanol–water partition coefficient (Wildman–Crippen LogP) is 7.94. The topological polar surface area (TPSA) is 131 Å². The number of carbonyl (C=O) groups is 1. The van der Waals surface area contributed by atoms with Gasteiger partial charge in [0.2, 0.25) is 5.91 Å². The van der Waals surface area contributed by atoms with Gasteiger partial charge in [-0.1, -0.05) is 142 Å². The van der Waals surface area contributed by atoms with Crippen molar-refractivity contribution >= 4 is 13.7 Å². The summed E-state index contributed by atoms with van der Waals surface area (Å²) in [5.74, 6) is -0.169. The average Bonchev–Trinajstić information content (AvgIpc) is 2.93. The fourth-order valence-corrected chi connectivity index (χ4v) is 5.66. The summed E-state index contributed by atoms with van der Waals surface area (Å²) in [7, 11) is -4.29. The van der Waals surface area contributed by atoms with E-state index in [0.29, 0.717) is 12.8 Å². The van der Waals surface area contributed by atoms with Crippen LogP contribution in [0.4, 0.5) is 0 Å². The Bertz CT molecular complexity index is 610. The van der Waals surface area contributed by atoms with Gasteiger partial charge in [-0.2, -0.15) is 0 Å². The Labute approximate surface area is 246 Å². The first-order chi connectivity index (χ1) is 19.4. The van der Waals surface area contributed by atoms with Gasteiger partial charge in [0.1, 0.15) is 0 Å². The van der Waals surface area contributed by atoms with Gasteiger partial charge in [-0.3, -0.25) is 13.8 Å². The maximum atomic E-state index is 12.5. The Morgan fingerprint density at radius 1 is 0.725 bits per heavy atom. The number of hydrogen-bond acceptors (Lipinski definition) is 6. The fourth-order valence-electron chi connectivity index (χ4n) is 4.90. The largest absolute Gasteiger partial charge is 0.472 e. The molecule has 0 spiro atoms. The van der Waals surface area contributed by atoms with Crippen molar-refractivity contribution in [2.75, 3.05) is 19.8 Å². The van der Waals surface area contributed by atoms with Gasteiger partial charge in [-0.05, 0) is 12.8 Å². The molecule has 0 aliphatic carbocycles. The molecule has 3 atom stereocenters. The standard InChI is InChI=1S/C31H65N2O6P/c1-3-5-7-9-11-12-13-14-15-16-17-19-20-22-24-30(34)29(28-39-40(36,37)38-27-26-32)33-31(35)25-23-21-18-10-8-6-4-2/h29-30,34H,3-28,32H2,1-2H3,(H,33,35)(H,36,37)/t29-,30+/m0/s1. The van der Waals surface area contributed by atoms with E-state index in [-0.39, 0.29) is 25.7 Å². The van der Waals surface area contributed by atoms with Gasteiger partial charge in [-0.25, -0.2) is 4.57 Å². The van der Waals surface area contributed by atoms with Crippen molar-refractivity contribution in [3.63, 3.8) is 0 Å². The van der Waals surface area contributed by atoms with Crippen LogP contribution in [-0.4, -0.2) is 47.8 Å². The van der Waals surface area contributed by atoms with Gasteiger partial charge in [0.05, 0.1) is 25.4 Å². The lowest BCUT2D eigenvalue weighted by atomic mass is 10.0. The van der Waals surface area contributed by atoms with Crippen LogP contribution in [0.5, 0.6) is 0 Å². The number of nitrogens with one attached hydrogen (secondary N) is 1. The predicted molar refractivity (Wildman–Crippen MR) is 166 cm³/mol. The summed E-state index contributed by atoms with van der Waals surface area (Å²) in [6.45, 7) is 4.14. The Balaban J connectivity index is 4.25. The fraction of sp³-hybridized carbons (Fsp3) is 0.968. The number of hydrogen-bond donors (Lipinski definition) is 4. The summed E-state index contributed by atoms with van der Waals surface area (Å²) in [4.78, 5) is 22.4. The van der Waals surface area contributed by atoms with Gasteiger partial charge in [-0.15, -0.1) is 0 Å². The van der Waals surface area contributed by atoms with E-state index in [2.05, 4.69) is 19.2 Å². The molecule has 0 saturated heterocycles. The maximum Gasteiger partial charge on any atom is 0.472 e. The first-order valence-corrected chi connectivity index (χ1v) is 18.1. The first kappa shape index (κ1) is 39.5. The van der Waals surface area contributed by atoms with Gasteiger partial charge in [0, 0.05) is 13.0 Å². The summed E-state index contributed by atoms with van der Waals surface area (Å²) >= 11 is 0. The Morgan fingerprint density at radius 2 is 1.15 bits per heavy atom. The molecule has 40 heavy (non-hydrogen) atoms. The molecular formula is C31H65N2O6P. The molecular weight excluding hydrogens is 527 g/mol. The molecule has 0 aromatic carbocycles. The van der Waals surface area contributed by atoms with E-state index in [1.165, 1.54) is 96.3 Å². The molecule has 0 fully saturated rings. The molecule has 0 radical (unpaired) electrons. The van der Waals surface area contributed by atoms with Crippen LogP contribution >= 0.6 is 7.82 Å². The molecule has 0 aliphatic heterocycles. The summed E-state index contributed by atoms with van der Waals surface area (Å²) in [6.07, 6.45) is 25.5. The molecule has 9 heteroatoms. The quantitative estimate of drug-likeness (QED) is 0.0475. The molecule has 0 aliphatic rings. The monoisotopic (exact) mass is 592 g/mol. The van der Waals surface area contributed by atoms with Gasteiger partial charge in [0.25, 0.3) is 0 Å². The number of carbonyl (C=O) groups excluding carboxylic acids is 1. The number of aliphatic hydroxyl groups excluding tert-OH is 1. The summed E-state index contributed by atoms with van der Waals surface area (Å²) in [6, 6.07) is -0.763. The third kappa shape index (κ3) is 26.4. The second kappa shape index (κ2) is 28.6. The third-order valence-electron chi connectivity index (χ3n) is 7.46. The highest BCUT2D eigenvalue weighted by Crippen LogP contribution is 2.43. The Morgan fingerprint density at radius 3 is 1.60 bits per heavy atom. The normalized spacial score (nSPS) is 14.6. The lowest BCUT2D eigenvalue weighted by Crippen LogP contribution is -2.46. The molecule has 0 saturated carbocycles. The van der Waals surface area contributed by atoms with E-state index < -0.39 is 20.0 Å². The van der Waals surface area contributed by atoms with Crippen LogP contribution in [-0.2, 0) is 18.4 Å². The third-order valence-corrected chi connectivity index (χ3v) is 8.45. The second-order valence-electron chi connectivity index (χ2n) is 11.4. The van der Waals surface area contributed by atoms with E-state index in [0.717, 1.165) is 38.5 Å². The van der Waals surface area contributed by atoms with Crippen molar-refractivity contribution in [3.8, 4) is 0 Å². The van der Waals surface area contributed by atoms with Crippen LogP contribution in [0.3, 0.4) is 0 Å². The Kier molecular flexibility index (Phi) is 28.3. The number of aliphatic hydroxyl groups is 1. The summed E-state index contributed by atoms with van der Waals surface area (Å²) in [5.41, 5.74) is 5.33. The number of phosphoric ester groups is 1. The number of amides is 1. The minimum absolute atomic E-state index is 0.0915. The number of rotatable bonds is 31. The maximum absolute atomic E-state index is 12.5. The lowest BCUT2D eigenvalue weighted by molar-refractivity contribution is -0.123. The lowest BCUT2D eigenvalue weighted by Gasteiger charge is -2.25. The molecule has 1 amide bonds. The van der Waals surface area contributed by atoms with Crippen molar-refractivity contribution in [2.45, 2.75) is 174 Å². The molecule has 0 aromatic rings. The average molecular weight is 593 g/mol. The molecule has 0 heterocycles. The van der Waals surface area contributed by atoms with Gasteiger partial charge >= 0.3 is 7.82 Å². The highest BCUT2D eigenvalue weighted by molar-refractivity contribution is 7.47. The minimum atomic E-state index is -4.29. The van der Waals surface area contributed by atoms with Crippen LogP contribution in [0.25, 0.3) is 0 Å². The van der Waals surface area contributed by atoms with E-state index >= 15 is 0 Å². The number of unbranched alkanes of at least 4 members (excludes halogenated alkanes) is 19. The van der Waals surface area contributed by atoms with Crippen LogP contribution in [0.15, 0.2) is 0 Å². The van der Waals surface area contributed by atoms with Crippen molar-refractivity contribution in [3.05, 3.63) is 0 Å². The minimum Gasteiger partial charge on any atom is -0.391 e. The molecule has 0 bridgehead atoms. The molecule has 0 rings (SSSR count). The zero-order valence-corrected chi connectivity index (χ0v) is 27.0. The SMILES string of the molecule is CCCCCCCCCCCCCCCC[C@@H](O)[C@H](COP(=O)(O)OCCN)NC(=O)CCCCCCCCC. The van der Waals surface area contributed by atoms with E-state index in [4.69, 9.17) is 14.8 Å². The van der Waals surface area contributed by atoms with Crippen LogP contribution in [0.2, 0.25) is 0 Å². The van der Waals surface area contributed by atoms with E-state index in [1.807, 2.05) is 0 Å². The zero-order valence-electron chi connectivity index (χ0n) is 26.1. The van der Waals surface area contributed by atoms with Crippen LogP contribution < -0.4 is 11.1 Å². The first-order valence-electron chi connectivity index (χ1n) is 16.7. The Hall–Kier alpha value is -0.500. The molecule has 1 unspecified atom stereocenters. The summed E-state index contributed by atoms with van der Waals surface area (Å²) in [5, 5.41) is 13.6. The van der Waals surface area contributed by atoms with E-state index in [1.54, 1.807) is 0 Å². The number of nitrogens with two attached hydrogens (primary N) is 1.